The first kappa shape index (κ1) is 17.9. The number of carbonyl (C=O) groups is 2. The van der Waals surface area contributed by atoms with Gasteiger partial charge in [0.25, 0.3) is 5.91 Å². The van der Waals surface area contributed by atoms with E-state index in [1.54, 1.807) is 24.3 Å². The second-order valence-electron chi connectivity index (χ2n) is 6.33. The Morgan fingerprint density at radius 1 is 0.962 bits per heavy atom. The summed E-state index contributed by atoms with van der Waals surface area (Å²) in [7, 11) is 0. The fourth-order valence-electron chi connectivity index (χ4n) is 2.88. The summed E-state index contributed by atoms with van der Waals surface area (Å²) in [4.78, 5) is 26.1. The highest BCUT2D eigenvalue weighted by atomic mass is 19.1. The first-order valence-electron chi connectivity index (χ1n) is 8.76. The summed E-state index contributed by atoms with van der Waals surface area (Å²) in [5, 5.41) is 5.75. The summed E-state index contributed by atoms with van der Waals surface area (Å²) in [6, 6.07) is 13.2. The van der Waals surface area contributed by atoms with E-state index >= 15 is 0 Å². The maximum absolute atomic E-state index is 12.8. The molecular formula is C20H22FN3O2. The van der Waals surface area contributed by atoms with Gasteiger partial charge >= 0.3 is 0 Å². The molecule has 0 aromatic heterocycles. The number of amides is 2. The first-order chi connectivity index (χ1) is 12.6. The van der Waals surface area contributed by atoms with Crippen molar-refractivity contribution in [3.05, 3.63) is 65.5 Å². The van der Waals surface area contributed by atoms with Crippen molar-refractivity contribution >= 4 is 17.5 Å². The molecule has 0 bridgehead atoms. The van der Waals surface area contributed by atoms with Crippen LogP contribution >= 0.6 is 0 Å². The highest BCUT2D eigenvalue weighted by Gasteiger charge is 2.19. The highest BCUT2D eigenvalue weighted by molar-refractivity contribution is 5.94. The van der Waals surface area contributed by atoms with E-state index in [0.29, 0.717) is 17.8 Å². The Morgan fingerprint density at radius 2 is 1.62 bits per heavy atom. The summed E-state index contributed by atoms with van der Waals surface area (Å²) in [6.45, 7) is 2.16. The molecule has 2 amide bonds. The molecule has 0 saturated carbocycles. The molecule has 26 heavy (non-hydrogen) atoms. The van der Waals surface area contributed by atoms with Crippen LogP contribution < -0.4 is 10.6 Å². The molecule has 0 unspecified atom stereocenters. The molecule has 2 aromatic rings. The van der Waals surface area contributed by atoms with Crippen LogP contribution in [0.4, 0.5) is 10.1 Å². The molecule has 0 atom stereocenters. The average Bonchev–Trinajstić information content (AvgIpc) is 3.20. The summed E-state index contributed by atoms with van der Waals surface area (Å²) in [5.74, 6) is -0.403. The van der Waals surface area contributed by atoms with Crippen molar-refractivity contribution < 1.29 is 14.0 Å². The lowest BCUT2D eigenvalue weighted by Gasteiger charge is -2.15. The minimum atomic E-state index is -0.313. The number of hydrogen-bond acceptors (Lipinski definition) is 3. The summed E-state index contributed by atoms with van der Waals surface area (Å²) in [6.07, 6.45) is 2.14. The largest absolute Gasteiger partial charge is 0.376 e. The van der Waals surface area contributed by atoms with E-state index in [1.807, 2.05) is 17.0 Å². The van der Waals surface area contributed by atoms with Crippen molar-refractivity contribution in [2.75, 3.05) is 25.0 Å². The molecule has 1 aliphatic rings. The SMILES string of the molecule is O=C(CNc1ccc(F)cc1)NCc1ccc(C(=O)N2CCCC2)cc1. The van der Waals surface area contributed by atoms with Gasteiger partial charge < -0.3 is 15.5 Å². The van der Waals surface area contributed by atoms with Crippen LogP contribution in [0.2, 0.25) is 0 Å². The van der Waals surface area contributed by atoms with E-state index < -0.39 is 0 Å². The second kappa shape index (κ2) is 8.47. The van der Waals surface area contributed by atoms with Crippen LogP contribution in [0, 0.1) is 5.82 Å². The van der Waals surface area contributed by atoms with Gasteiger partial charge in [-0.05, 0) is 54.8 Å². The Labute approximate surface area is 152 Å². The molecular weight excluding hydrogens is 333 g/mol. The van der Waals surface area contributed by atoms with E-state index in [4.69, 9.17) is 0 Å². The molecule has 0 radical (unpaired) electrons. The average molecular weight is 355 g/mol. The molecule has 136 valence electrons. The molecule has 1 heterocycles. The van der Waals surface area contributed by atoms with Crippen LogP contribution in [-0.2, 0) is 11.3 Å². The third-order valence-electron chi connectivity index (χ3n) is 4.38. The smallest absolute Gasteiger partial charge is 0.253 e. The van der Waals surface area contributed by atoms with Gasteiger partial charge in [0, 0.05) is 30.9 Å². The fourth-order valence-corrected chi connectivity index (χ4v) is 2.88. The van der Waals surface area contributed by atoms with Gasteiger partial charge in [-0.25, -0.2) is 4.39 Å². The highest BCUT2D eigenvalue weighted by Crippen LogP contribution is 2.13. The minimum Gasteiger partial charge on any atom is -0.376 e. The number of likely N-dealkylation sites (tertiary alicyclic amines) is 1. The lowest BCUT2D eigenvalue weighted by atomic mass is 10.1. The van der Waals surface area contributed by atoms with Crippen molar-refractivity contribution in [1.82, 2.24) is 10.2 Å². The van der Waals surface area contributed by atoms with E-state index in [2.05, 4.69) is 10.6 Å². The molecule has 2 aromatic carbocycles. The van der Waals surface area contributed by atoms with Crippen molar-refractivity contribution in [2.24, 2.45) is 0 Å². The number of nitrogens with one attached hydrogen (secondary N) is 2. The predicted octanol–water partition coefficient (Wildman–Crippen LogP) is 2.79. The molecule has 1 saturated heterocycles. The predicted molar refractivity (Wildman–Crippen MR) is 98.3 cm³/mol. The Hall–Kier alpha value is -2.89. The molecule has 1 aliphatic heterocycles. The second-order valence-corrected chi connectivity index (χ2v) is 6.33. The summed E-state index contributed by atoms with van der Waals surface area (Å²) < 4.78 is 12.8. The van der Waals surface area contributed by atoms with Gasteiger partial charge in [-0.1, -0.05) is 12.1 Å². The van der Waals surface area contributed by atoms with Gasteiger partial charge in [0.05, 0.1) is 6.54 Å². The maximum atomic E-state index is 12.8. The van der Waals surface area contributed by atoms with Crippen molar-refractivity contribution in [1.29, 1.82) is 0 Å². The number of rotatable bonds is 6. The zero-order valence-electron chi connectivity index (χ0n) is 14.5. The fraction of sp³-hybridized carbons (Fsp3) is 0.300. The van der Waals surface area contributed by atoms with Crippen molar-refractivity contribution in [3.63, 3.8) is 0 Å². The number of anilines is 1. The first-order valence-corrected chi connectivity index (χ1v) is 8.76. The Kier molecular flexibility index (Phi) is 5.84. The minimum absolute atomic E-state index is 0.0709. The molecule has 6 heteroatoms. The monoisotopic (exact) mass is 355 g/mol. The van der Waals surface area contributed by atoms with Gasteiger partial charge in [-0.2, -0.15) is 0 Å². The quantitative estimate of drug-likeness (QED) is 0.838. The molecule has 2 N–H and O–H groups in total. The Balaban J connectivity index is 1.44. The van der Waals surface area contributed by atoms with Crippen LogP contribution in [-0.4, -0.2) is 36.3 Å². The van der Waals surface area contributed by atoms with Crippen molar-refractivity contribution in [3.8, 4) is 0 Å². The molecule has 0 spiro atoms. The lowest BCUT2D eigenvalue weighted by molar-refractivity contribution is -0.119. The Morgan fingerprint density at radius 3 is 2.27 bits per heavy atom. The van der Waals surface area contributed by atoms with E-state index in [1.165, 1.54) is 12.1 Å². The van der Waals surface area contributed by atoms with Crippen LogP contribution in [0.15, 0.2) is 48.5 Å². The molecule has 5 nitrogen and oxygen atoms in total. The zero-order chi connectivity index (χ0) is 18.4. The van der Waals surface area contributed by atoms with Gasteiger partial charge in [0.1, 0.15) is 5.82 Å². The molecule has 3 rings (SSSR count). The van der Waals surface area contributed by atoms with Gasteiger partial charge in [-0.3, -0.25) is 9.59 Å². The van der Waals surface area contributed by atoms with E-state index in [0.717, 1.165) is 31.5 Å². The normalized spacial score (nSPS) is 13.5. The summed E-state index contributed by atoms with van der Waals surface area (Å²) in [5.41, 5.74) is 2.30. The number of benzene rings is 2. The molecule has 1 fully saturated rings. The summed E-state index contributed by atoms with van der Waals surface area (Å²) >= 11 is 0. The van der Waals surface area contributed by atoms with E-state index in [9.17, 15) is 14.0 Å². The zero-order valence-corrected chi connectivity index (χ0v) is 14.5. The van der Waals surface area contributed by atoms with Gasteiger partial charge in [0.15, 0.2) is 0 Å². The third-order valence-corrected chi connectivity index (χ3v) is 4.38. The molecule has 0 aliphatic carbocycles. The topological polar surface area (TPSA) is 61.4 Å². The van der Waals surface area contributed by atoms with Crippen molar-refractivity contribution in [2.45, 2.75) is 19.4 Å². The Bertz CT molecular complexity index is 754. The van der Waals surface area contributed by atoms with Crippen LogP contribution in [0.25, 0.3) is 0 Å². The maximum Gasteiger partial charge on any atom is 0.253 e. The number of nitrogens with zero attached hydrogens (tertiary/aromatic N) is 1. The van der Waals surface area contributed by atoms with Gasteiger partial charge in [-0.15, -0.1) is 0 Å². The standard InChI is InChI=1S/C20H22FN3O2/c21-17-7-9-18(10-8-17)22-14-19(25)23-13-15-3-5-16(6-4-15)20(26)24-11-1-2-12-24/h3-10,22H,1-2,11-14H2,(H,23,25). The number of hydrogen-bond donors (Lipinski definition) is 2. The third kappa shape index (κ3) is 4.81. The number of carbonyl (C=O) groups excluding carboxylic acids is 2. The van der Waals surface area contributed by atoms with E-state index in [-0.39, 0.29) is 24.2 Å². The van der Waals surface area contributed by atoms with Crippen LogP contribution in [0.1, 0.15) is 28.8 Å². The van der Waals surface area contributed by atoms with Crippen LogP contribution in [0.3, 0.4) is 0 Å². The lowest BCUT2D eigenvalue weighted by Crippen LogP contribution is -2.29. The number of halogens is 1. The van der Waals surface area contributed by atoms with Crippen LogP contribution in [0.5, 0.6) is 0 Å². The van der Waals surface area contributed by atoms with Gasteiger partial charge in [0.2, 0.25) is 5.91 Å².